The summed E-state index contributed by atoms with van der Waals surface area (Å²) in [4.78, 5) is 25.4. The minimum atomic E-state index is -0.345. The van der Waals surface area contributed by atoms with Crippen molar-refractivity contribution in [2.75, 3.05) is 33.2 Å². The molecule has 1 aliphatic rings. The van der Waals surface area contributed by atoms with Gasteiger partial charge in [-0.2, -0.15) is 0 Å². The third-order valence-electron chi connectivity index (χ3n) is 2.00. The minimum absolute atomic E-state index is 0.0246. The number of hydrogen-bond donors (Lipinski definition) is 0. The Hall–Kier alpha value is -1.14. The maximum atomic E-state index is 11.6. The second kappa shape index (κ2) is 5.67. The first kappa shape index (κ1) is 11.9. The van der Waals surface area contributed by atoms with Gasteiger partial charge in [-0.05, 0) is 13.8 Å². The maximum absolute atomic E-state index is 11.6. The number of nitrogens with zero attached hydrogens (tertiary/aromatic N) is 2. The topological polar surface area (TPSA) is 59.1 Å². The Balaban J connectivity index is 2.46. The minimum Gasteiger partial charge on any atom is -0.361 e. The smallest absolute Gasteiger partial charge is 0.330 e. The van der Waals surface area contributed by atoms with Gasteiger partial charge in [0.25, 0.3) is 5.91 Å². The highest BCUT2D eigenvalue weighted by molar-refractivity contribution is 6.01. The van der Waals surface area contributed by atoms with Crippen molar-refractivity contribution >= 4 is 11.9 Å². The molecule has 1 fully saturated rings. The van der Waals surface area contributed by atoms with Crippen LogP contribution in [-0.4, -0.2) is 55.0 Å². The van der Waals surface area contributed by atoms with Gasteiger partial charge in [-0.25, -0.2) is 9.69 Å². The highest BCUT2D eigenvalue weighted by Gasteiger charge is 2.35. The van der Waals surface area contributed by atoms with Crippen LogP contribution in [0.2, 0.25) is 0 Å². The van der Waals surface area contributed by atoms with Gasteiger partial charge < -0.3 is 9.47 Å². The van der Waals surface area contributed by atoms with Crippen molar-refractivity contribution in [1.29, 1.82) is 0 Å². The molecule has 15 heavy (non-hydrogen) atoms. The SMILES string of the molecule is CCOCN1CC(=O)N(COCC)C1=O. The van der Waals surface area contributed by atoms with E-state index in [0.717, 1.165) is 4.90 Å². The summed E-state index contributed by atoms with van der Waals surface area (Å²) in [5.74, 6) is -0.242. The Morgan fingerprint density at radius 3 is 2.33 bits per heavy atom. The van der Waals surface area contributed by atoms with E-state index in [2.05, 4.69) is 0 Å². The van der Waals surface area contributed by atoms with Gasteiger partial charge in [0.05, 0.1) is 0 Å². The lowest BCUT2D eigenvalue weighted by Gasteiger charge is -2.16. The Labute approximate surface area is 88.7 Å². The van der Waals surface area contributed by atoms with Crippen LogP contribution in [0, 0.1) is 0 Å². The fourth-order valence-corrected chi connectivity index (χ4v) is 1.21. The van der Waals surface area contributed by atoms with Crippen LogP contribution in [-0.2, 0) is 14.3 Å². The summed E-state index contributed by atoms with van der Waals surface area (Å²) in [5.41, 5.74) is 0. The summed E-state index contributed by atoms with van der Waals surface area (Å²) in [6, 6.07) is -0.345. The van der Waals surface area contributed by atoms with E-state index in [1.807, 2.05) is 13.8 Å². The molecule has 0 radical (unpaired) electrons. The Morgan fingerprint density at radius 1 is 1.13 bits per heavy atom. The molecule has 0 N–H and O–H groups in total. The predicted octanol–water partition coefficient (Wildman–Crippen LogP) is 0.239. The Bertz CT molecular complexity index is 244. The van der Waals surface area contributed by atoms with Gasteiger partial charge in [0, 0.05) is 13.2 Å². The van der Waals surface area contributed by atoms with Crippen molar-refractivity contribution in [3.05, 3.63) is 0 Å². The van der Waals surface area contributed by atoms with Gasteiger partial charge in [0.2, 0.25) is 0 Å². The molecule has 0 aliphatic carbocycles. The quantitative estimate of drug-likeness (QED) is 0.597. The largest absolute Gasteiger partial charge is 0.361 e. The fourth-order valence-electron chi connectivity index (χ4n) is 1.21. The van der Waals surface area contributed by atoms with Crippen LogP contribution in [0.5, 0.6) is 0 Å². The van der Waals surface area contributed by atoms with E-state index in [4.69, 9.17) is 9.47 Å². The first-order valence-electron chi connectivity index (χ1n) is 4.95. The molecule has 1 heterocycles. The highest BCUT2D eigenvalue weighted by atomic mass is 16.5. The zero-order chi connectivity index (χ0) is 11.3. The van der Waals surface area contributed by atoms with E-state index < -0.39 is 0 Å². The summed E-state index contributed by atoms with van der Waals surface area (Å²) in [5, 5.41) is 0. The van der Waals surface area contributed by atoms with Crippen LogP contribution in [0.15, 0.2) is 0 Å². The summed E-state index contributed by atoms with van der Waals surface area (Å²) < 4.78 is 10.1. The standard InChI is InChI=1S/C9H16N2O4/c1-3-14-6-10-5-8(12)11(9(10)13)7-15-4-2/h3-7H2,1-2H3. The Kier molecular flexibility index (Phi) is 4.51. The van der Waals surface area contributed by atoms with E-state index in [-0.39, 0.29) is 31.9 Å². The molecule has 0 spiro atoms. The van der Waals surface area contributed by atoms with E-state index in [0.29, 0.717) is 13.2 Å². The molecule has 6 nitrogen and oxygen atoms in total. The van der Waals surface area contributed by atoms with Crippen LogP contribution in [0.1, 0.15) is 13.8 Å². The van der Waals surface area contributed by atoms with Crippen molar-refractivity contribution in [2.24, 2.45) is 0 Å². The number of hydrogen-bond acceptors (Lipinski definition) is 4. The number of carbonyl (C=O) groups excluding carboxylic acids is 2. The number of urea groups is 1. The van der Waals surface area contributed by atoms with Gasteiger partial charge >= 0.3 is 6.03 Å². The Morgan fingerprint density at radius 2 is 1.73 bits per heavy atom. The molecule has 0 aromatic rings. The molecule has 1 aliphatic heterocycles. The van der Waals surface area contributed by atoms with Crippen molar-refractivity contribution in [3.8, 4) is 0 Å². The van der Waals surface area contributed by atoms with Crippen LogP contribution in [0.3, 0.4) is 0 Å². The molecule has 0 atom stereocenters. The molecule has 1 saturated heterocycles. The second-order valence-corrected chi connectivity index (χ2v) is 3.05. The van der Waals surface area contributed by atoms with Gasteiger partial charge in [-0.1, -0.05) is 0 Å². The number of carbonyl (C=O) groups is 2. The molecule has 0 saturated carbocycles. The lowest BCUT2D eigenvalue weighted by atomic mass is 10.6. The predicted molar refractivity (Wildman–Crippen MR) is 51.9 cm³/mol. The summed E-state index contributed by atoms with van der Waals surface area (Å²) >= 11 is 0. The average molecular weight is 216 g/mol. The van der Waals surface area contributed by atoms with Crippen molar-refractivity contribution in [2.45, 2.75) is 13.8 Å². The summed E-state index contributed by atoms with van der Waals surface area (Å²) in [6.45, 7) is 4.89. The van der Waals surface area contributed by atoms with E-state index >= 15 is 0 Å². The fraction of sp³-hybridized carbons (Fsp3) is 0.778. The van der Waals surface area contributed by atoms with Crippen molar-refractivity contribution in [1.82, 2.24) is 9.80 Å². The second-order valence-electron chi connectivity index (χ2n) is 3.05. The van der Waals surface area contributed by atoms with Gasteiger partial charge in [0.15, 0.2) is 0 Å². The van der Waals surface area contributed by atoms with E-state index in [1.165, 1.54) is 4.90 Å². The molecule has 1 rings (SSSR count). The molecule has 86 valence electrons. The van der Waals surface area contributed by atoms with Crippen molar-refractivity contribution in [3.63, 3.8) is 0 Å². The molecule has 0 bridgehead atoms. The summed E-state index contributed by atoms with van der Waals surface area (Å²) in [6.07, 6.45) is 0. The van der Waals surface area contributed by atoms with Crippen LogP contribution >= 0.6 is 0 Å². The lowest BCUT2D eigenvalue weighted by molar-refractivity contribution is -0.129. The average Bonchev–Trinajstić information content (AvgIpc) is 2.49. The molecular weight excluding hydrogens is 200 g/mol. The normalized spacial score (nSPS) is 16.7. The molecule has 0 aromatic carbocycles. The van der Waals surface area contributed by atoms with Crippen LogP contribution < -0.4 is 0 Å². The number of imide groups is 1. The third kappa shape index (κ3) is 2.90. The van der Waals surface area contributed by atoms with Gasteiger partial charge in [-0.3, -0.25) is 9.69 Å². The lowest BCUT2D eigenvalue weighted by Crippen LogP contribution is -2.35. The molecule has 6 heteroatoms. The molecular formula is C9H16N2O4. The van der Waals surface area contributed by atoms with Crippen LogP contribution in [0.25, 0.3) is 0 Å². The number of ether oxygens (including phenoxy) is 2. The zero-order valence-electron chi connectivity index (χ0n) is 9.06. The molecule has 0 aromatic heterocycles. The monoisotopic (exact) mass is 216 g/mol. The van der Waals surface area contributed by atoms with Gasteiger partial charge in [0.1, 0.15) is 20.0 Å². The summed E-state index contributed by atoms with van der Waals surface area (Å²) in [7, 11) is 0. The van der Waals surface area contributed by atoms with E-state index in [1.54, 1.807) is 0 Å². The van der Waals surface area contributed by atoms with Gasteiger partial charge in [-0.15, -0.1) is 0 Å². The van der Waals surface area contributed by atoms with Crippen LogP contribution in [0.4, 0.5) is 4.79 Å². The van der Waals surface area contributed by atoms with E-state index in [9.17, 15) is 9.59 Å². The molecule has 0 unspecified atom stereocenters. The maximum Gasteiger partial charge on any atom is 0.330 e. The number of rotatable bonds is 6. The molecule has 3 amide bonds. The first-order valence-corrected chi connectivity index (χ1v) is 4.95. The first-order chi connectivity index (χ1) is 7.20. The zero-order valence-corrected chi connectivity index (χ0v) is 9.06. The highest BCUT2D eigenvalue weighted by Crippen LogP contribution is 2.09. The third-order valence-corrected chi connectivity index (χ3v) is 2.00. The number of amides is 3. The van der Waals surface area contributed by atoms with Crippen molar-refractivity contribution < 1.29 is 19.1 Å².